The van der Waals surface area contributed by atoms with E-state index >= 15 is 0 Å². The molecule has 2 N–H and O–H groups in total. The van der Waals surface area contributed by atoms with Crippen LogP contribution in [0.2, 0.25) is 0 Å². The highest BCUT2D eigenvalue weighted by Gasteiger charge is 2.11. The molecule has 2 nitrogen and oxygen atoms in total. The summed E-state index contributed by atoms with van der Waals surface area (Å²) in [7, 11) is 1.46. The summed E-state index contributed by atoms with van der Waals surface area (Å²) in [5.74, 6) is -0.0319. The normalized spacial score (nSPS) is 11.5. The number of methoxy groups -OCH3 is 1. The molecule has 15 heavy (non-hydrogen) atoms. The maximum Gasteiger partial charge on any atom is 0.165 e. The lowest BCUT2D eigenvalue weighted by atomic mass is 9.96. The molecule has 0 unspecified atom stereocenters. The molecule has 1 aromatic rings. The topological polar surface area (TPSA) is 35.2 Å². The van der Waals surface area contributed by atoms with Gasteiger partial charge in [-0.2, -0.15) is 0 Å². The lowest BCUT2D eigenvalue weighted by Gasteiger charge is -2.18. The molecule has 0 saturated heterocycles. The van der Waals surface area contributed by atoms with Crippen molar-refractivity contribution in [2.75, 3.05) is 7.11 Å². The zero-order valence-corrected chi connectivity index (χ0v) is 9.51. The van der Waals surface area contributed by atoms with Crippen LogP contribution in [-0.4, -0.2) is 12.6 Å². The Balaban J connectivity index is 2.68. The van der Waals surface area contributed by atoms with Crippen molar-refractivity contribution in [2.45, 2.75) is 32.2 Å². The molecular weight excluding hydrogens is 193 g/mol. The standard InChI is InChI=1S/C12H18FNO/c1-12(2,14)7-6-9-4-5-11(15-3)10(13)8-9/h4-5,8H,6-7,14H2,1-3H3. The van der Waals surface area contributed by atoms with Crippen molar-refractivity contribution in [3.05, 3.63) is 29.6 Å². The molecule has 0 atom stereocenters. The molecule has 0 amide bonds. The number of rotatable bonds is 4. The van der Waals surface area contributed by atoms with Gasteiger partial charge in [0.05, 0.1) is 7.11 Å². The van der Waals surface area contributed by atoms with E-state index in [9.17, 15) is 4.39 Å². The molecule has 0 radical (unpaired) electrons. The van der Waals surface area contributed by atoms with E-state index in [4.69, 9.17) is 10.5 Å². The number of hydrogen-bond acceptors (Lipinski definition) is 2. The van der Waals surface area contributed by atoms with Gasteiger partial charge in [-0.3, -0.25) is 0 Å². The number of ether oxygens (including phenoxy) is 1. The SMILES string of the molecule is COc1ccc(CCC(C)(C)N)cc1F. The lowest BCUT2D eigenvalue weighted by molar-refractivity contribution is 0.386. The van der Waals surface area contributed by atoms with Crippen molar-refractivity contribution in [3.63, 3.8) is 0 Å². The number of nitrogens with two attached hydrogens (primary N) is 1. The number of aryl methyl sites for hydroxylation is 1. The van der Waals surface area contributed by atoms with Crippen molar-refractivity contribution in [3.8, 4) is 5.75 Å². The largest absolute Gasteiger partial charge is 0.494 e. The third kappa shape index (κ3) is 3.88. The Kier molecular flexibility index (Phi) is 3.69. The van der Waals surface area contributed by atoms with Crippen LogP contribution < -0.4 is 10.5 Å². The van der Waals surface area contributed by atoms with E-state index in [0.29, 0.717) is 0 Å². The lowest BCUT2D eigenvalue weighted by Crippen LogP contribution is -2.32. The van der Waals surface area contributed by atoms with E-state index in [1.165, 1.54) is 13.2 Å². The fourth-order valence-electron chi connectivity index (χ4n) is 1.33. The quantitative estimate of drug-likeness (QED) is 0.830. The number of halogens is 1. The Morgan fingerprint density at radius 2 is 2.07 bits per heavy atom. The summed E-state index contributed by atoms with van der Waals surface area (Å²) < 4.78 is 18.2. The summed E-state index contributed by atoms with van der Waals surface area (Å²) >= 11 is 0. The van der Waals surface area contributed by atoms with Gasteiger partial charge in [0, 0.05) is 5.54 Å². The first-order valence-electron chi connectivity index (χ1n) is 5.04. The fourth-order valence-corrected chi connectivity index (χ4v) is 1.33. The van der Waals surface area contributed by atoms with E-state index < -0.39 is 0 Å². The second kappa shape index (κ2) is 4.62. The molecule has 0 aliphatic heterocycles. The average Bonchev–Trinajstić information content (AvgIpc) is 2.14. The van der Waals surface area contributed by atoms with Crippen molar-refractivity contribution < 1.29 is 9.13 Å². The highest BCUT2D eigenvalue weighted by Crippen LogP contribution is 2.19. The third-order valence-electron chi connectivity index (χ3n) is 2.27. The van der Waals surface area contributed by atoms with Crippen LogP contribution in [-0.2, 0) is 6.42 Å². The zero-order chi connectivity index (χ0) is 11.5. The van der Waals surface area contributed by atoms with Gasteiger partial charge in [-0.1, -0.05) is 6.07 Å². The van der Waals surface area contributed by atoms with Crippen LogP contribution in [0.5, 0.6) is 5.75 Å². The second-order valence-corrected chi connectivity index (χ2v) is 4.46. The van der Waals surface area contributed by atoms with Crippen LogP contribution in [0.15, 0.2) is 18.2 Å². The van der Waals surface area contributed by atoms with Gasteiger partial charge in [0.15, 0.2) is 11.6 Å². The van der Waals surface area contributed by atoms with Gasteiger partial charge in [-0.15, -0.1) is 0 Å². The first-order chi connectivity index (χ1) is 6.92. The molecule has 0 bridgehead atoms. The van der Waals surface area contributed by atoms with Crippen LogP contribution in [0.25, 0.3) is 0 Å². The van der Waals surface area contributed by atoms with Gasteiger partial charge in [0.2, 0.25) is 0 Å². The van der Waals surface area contributed by atoms with E-state index in [1.807, 2.05) is 19.9 Å². The number of benzene rings is 1. The molecule has 0 saturated carbocycles. The molecule has 0 aromatic heterocycles. The number of hydrogen-bond donors (Lipinski definition) is 1. The van der Waals surface area contributed by atoms with E-state index in [2.05, 4.69) is 0 Å². The fraction of sp³-hybridized carbons (Fsp3) is 0.500. The van der Waals surface area contributed by atoms with Crippen molar-refractivity contribution in [1.82, 2.24) is 0 Å². The predicted octanol–water partition coefficient (Wildman–Crippen LogP) is 2.50. The van der Waals surface area contributed by atoms with Crippen LogP contribution in [0.3, 0.4) is 0 Å². The molecule has 3 heteroatoms. The zero-order valence-electron chi connectivity index (χ0n) is 9.51. The Bertz CT molecular complexity index is 331. The first kappa shape index (κ1) is 12.0. The summed E-state index contributed by atoms with van der Waals surface area (Å²) in [6.07, 6.45) is 1.61. The highest BCUT2D eigenvalue weighted by molar-refractivity contribution is 5.29. The highest BCUT2D eigenvalue weighted by atomic mass is 19.1. The molecule has 0 spiro atoms. The minimum absolute atomic E-state index is 0.212. The molecular formula is C12H18FNO. The summed E-state index contributed by atoms with van der Waals surface area (Å²) in [6, 6.07) is 5.02. The Hall–Kier alpha value is -1.09. The second-order valence-electron chi connectivity index (χ2n) is 4.46. The summed E-state index contributed by atoms with van der Waals surface area (Å²) in [5.41, 5.74) is 6.60. The first-order valence-corrected chi connectivity index (χ1v) is 5.04. The van der Waals surface area contributed by atoms with Crippen LogP contribution in [0, 0.1) is 5.82 Å². The Morgan fingerprint density at radius 3 is 2.53 bits per heavy atom. The Labute approximate surface area is 90.2 Å². The van der Waals surface area contributed by atoms with Gasteiger partial charge in [-0.25, -0.2) is 4.39 Å². The van der Waals surface area contributed by atoms with Crippen LogP contribution >= 0.6 is 0 Å². The van der Waals surface area contributed by atoms with Crippen LogP contribution in [0.4, 0.5) is 4.39 Å². The van der Waals surface area contributed by atoms with E-state index in [-0.39, 0.29) is 17.1 Å². The monoisotopic (exact) mass is 211 g/mol. The molecule has 84 valence electrons. The van der Waals surface area contributed by atoms with Crippen LogP contribution in [0.1, 0.15) is 25.8 Å². The molecule has 1 aromatic carbocycles. The van der Waals surface area contributed by atoms with Gasteiger partial charge in [0.1, 0.15) is 0 Å². The average molecular weight is 211 g/mol. The third-order valence-corrected chi connectivity index (χ3v) is 2.27. The van der Waals surface area contributed by atoms with Gasteiger partial charge < -0.3 is 10.5 Å². The van der Waals surface area contributed by atoms with Crippen molar-refractivity contribution in [2.24, 2.45) is 5.73 Å². The molecule has 0 aliphatic rings. The van der Waals surface area contributed by atoms with Crippen molar-refractivity contribution in [1.29, 1.82) is 0 Å². The van der Waals surface area contributed by atoms with Gasteiger partial charge in [0.25, 0.3) is 0 Å². The van der Waals surface area contributed by atoms with E-state index in [0.717, 1.165) is 18.4 Å². The van der Waals surface area contributed by atoms with Gasteiger partial charge >= 0.3 is 0 Å². The van der Waals surface area contributed by atoms with Gasteiger partial charge in [-0.05, 0) is 44.4 Å². The van der Waals surface area contributed by atoms with E-state index in [1.54, 1.807) is 6.07 Å². The minimum Gasteiger partial charge on any atom is -0.494 e. The minimum atomic E-state index is -0.315. The smallest absolute Gasteiger partial charge is 0.165 e. The molecule has 1 rings (SSSR count). The summed E-state index contributed by atoms with van der Waals surface area (Å²) in [4.78, 5) is 0. The Morgan fingerprint density at radius 1 is 1.40 bits per heavy atom. The summed E-state index contributed by atoms with van der Waals surface area (Å²) in [6.45, 7) is 3.93. The molecule has 0 fully saturated rings. The molecule has 0 heterocycles. The summed E-state index contributed by atoms with van der Waals surface area (Å²) in [5, 5.41) is 0. The predicted molar refractivity (Wildman–Crippen MR) is 59.5 cm³/mol. The maximum absolute atomic E-state index is 13.3. The molecule has 0 aliphatic carbocycles. The van der Waals surface area contributed by atoms with Crippen molar-refractivity contribution >= 4 is 0 Å². The maximum atomic E-state index is 13.3.